The van der Waals surface area contributed by atoms with Gasteiger partial charge in [0.25, 0.3) is 0 Å². The molecule has 0 aromatic heterocycles. The molecule has 4 bridgehead atoms. The van der Waals surface area contributed by atoms with Crippen molar-refractivity contribution in [2.45, 2.75) is 57.0 Å². The summed E-state index contributed by atoms with van der Waals surface area (Å²) in [6.45, 7) is 3.00. The average molecular weight is 291 g/mol. The van der Waals surface area contributed by atoms with E-state index in [-0.39, 0.29) is 23.5 Å². The maximum Gasteiger partial charge on any atom is 0.318 e. The molecular weight excluding hydrogens is 266 g/mol. The van der Waals surface area contributed by atoms with Gasteiger partial charge in [-0.1, -0.05) is 0 Å². The largest absolute Gasteiger partial charge is 0.353 e. The van der Waals surface area contributed by atoms with Crippen molar-refractivity contribution in [1.29, 1.82) is 0 Å². The van der Waals surface area contributed by atoms with Crippen LogP contribution in [0.4, 0.5) is 4.79 Å². The molecule has 1 unspecified atom stereocenters. The van der Waals surface area contributed by atoms with Crippen LogP contribution in [-0.4, -0.2) is 41.5 Å². The Morgan fingerprint density at radius 1 is 1.19 bits per heavy atom. The van der Waals surface area contributed by atoms with Crippen LogP contribution in [0.5, 0.6) is 0 Å². The molecule has 1 saturated heterocycles. The van der Waals surface area contributed by atoms with E-state index in [1.165, 1.54) is 19.3 Å². The van der Waals surface area contributed by atoms with Crippen molar-refractivity contribution >= 4 is 11.9 Å². The average Bonchev–Trinajstić information content (AvgIpc) is 2.39. The van der Waals surface area contributed by atoms with E-state index >= 15 is 0 Å². The molecule has 0 spiro atoms. The van der Waals surface area contributed by atoms with Gasteiger partial charge in [0.15, 0.2) is 0 Å². The zero-order valence-corrected chi connectivity index (χ0v) is 12.7. The Labute approximate surface area is 125 Å². The van der Waals surface area contributed by atoms with Gasteiger partial charge in [0, 0.05) is 18.6 Å². The van der Waals surface area contributed by atoms with Gasteiger partial charge in [-0.05, 0) is 63.2 Å². The summed E-state index contributed by atoms with van der Waals surface area (Å²) < 4.78 is 0. The van der Waals surface area contributed by atoms with Gasteiger partial charge < -0.3 is 15.5 Å². The topological polar surface area (TPSA) is 61.4 Å². The van der Waals surface area contributed by atoms with Gasteiger partial charge in [0.1, 0.15) is 6.04 Å². The van der Waals surface area contributed by atoms with E-state index in [0.717, 1.165) is 37.0 Å². The number of urea groups is 1. The van der Waals surface area contributed by atoms with Gasteiger partial charge in [0.2, 0.25) is 5.91 Å². The zero-order valence-electron chi connectivity index (χ0n) is 12.7. The first-order chi connectivity index (χ1) is 10.0. The van der Waals surface area contributed by atoms with Crippen molar-refractivity contribution in [3.63, 3.8) is 0 Å². The smallest absolute Gasteiger partial charge is 0.318 e. The second-order valence-electron chi connectivity index (χ2n) is 7.79. The van der Waals surface area contributed by atoms with Gasteiger partial charge in [-0.25, -0.2) is 4.79 Å². The third-order valence-electron chi connectivity index (χ3n) is 6.17. The second kappa shape index (κ2) is 4.62. The summed E-state index contributed by atoms with van der Waals surface area (Å²) in [5.74, 6) is 2.41. The molecule has 1 heterocycles. The van der Waals surface area contributed by atoms with Gasteiger partial charge in [0.05, 0.1) is 0 Å². The van der Waals surface area contributed by atoms with E-state index in [0.29, 0.717) is 13.1 Å². The van der Waals surface area contributed by atoms with Crippen LogP contribution < -0.4 is 10.6 Å². The predicted molar refractivity (Wildman–Crippen MR) is 78.6 cm³/mol. The lowest BCUT2D eigenvalue weighted by atomic mass is 9.53. The lowest BCUT2D eigenvalue weighted by Gasteiger charge is -2.57. The molecule has 4 aliphatic carbocycles. The van der Waals surface area contributed by atoms with E-state index in [2.05, 4.69) is 10.6 Å². The van der Waals surface area contributed by atoms with Crippen LogP contribution in [0, 0.1) is 17.8 Å². The van der Waals surface area contributed by atoms with E-state index in [1.54, 1.807) is 4.90 Å². The molecule has 116 valence electrons. The van der Waals surface area contributed by atoms with Crippen LogP contribution in [-0.2, 0) is 4.79 Å². The van der Waals surface area contributed by atoms with Crippen molar-refractivity contribution in [2.75, 3.05) is 13.1 Å². The molecule has 5 heteroatoms. The highest BCUT2D eigenvalue weighted by molar-refractivity contribution is 5.88. The summed E-state index contributed by atoms with van der Waals surface area (Å²) in [6.07, 6.45) is 7.57. The Bertz CT molecular complexity index is 441. The van der Waals surface area contributed by atoms with Crippen molar-refractivity contribution in [2.24, 2.45) is 17.8 Å². The highest BCUT2D eigenvalue weighted by Gasteiger charge is 2.52. The minimum atomic E-state index is -0.354. The van der Waals surface area contributed by atoms with Crippen LogP contribution in [0.25, 0.3) is 0 Å². The van der Waals surface area contributed by atoms with Crippen molar-refractivity contribution in [1.82, 2.24) is 15.5 Å². The summed E-state index contributed by atoms with van der Waals surface area (Å²) in [5.41, 5.74) is 0.0273. The molecule has 1 atom stereocenters. The number of nitrogens with zero attached hydrogens (tertiary/aromatic N) is 1. The van der Waals surface area contributed by atoms with E-state index < -0.39 is 0 Å². The molecular formula is C16H25N3O2. The first kappa shape index (κ1) is 13.4. The summed E-state index contributed by atoms with van der Waals surface area (Å²) in [5, 5.41) is 6.17. The standard InChI is InChI=1S/C16H25N3O2/c1-10-14(20)17-2-3-19(10)15(21)18-16-7-11-4-12(8-16)6-13(5-11)9-16/h10-13H,2-9H2,1H3,(H,17,20)(H,18,21). The first-order valence-corrected chi connectivity index (χ1v) is 8.41. The number of hydrogen-bond acceptors (Lipinski definition) is 2. The highest BCUT2D eigenvalue weighted by Crippen LogP contribution is 2.55. The number of hydrogen-bond donors (Lipinski definition) is 2. The Kier molecular flexibility index (Phi) is 2.95. The molecule has 0 aromatic rings. The fourth-order valence-corrected chi connectivity index (χ4v) is 5.62. The van der Waals surface area contributed by atoms with Crippen molar-refractivity contribution in [3.05, 3.63) is 0 Å². The fraction of sp³-hybridized carbons (Fsp3) is 0.875. The number of amides is 3. The molecule has 1 aliphatic heterocycles. The Hall–Kier alpha value is -1.26. The Balaban J connectivity index is 1.48. The van der Waals surface area contributed by atoms with Crippen LogP contribution in [0.2, 0.25) is 0 Å². The molecule has 5 aliphatic rings. The monoisotopic (exact) mass is 291 g/mol. The molecule has 21 heavy (non-hydrogen) atoms. The van der Waals surface area contributed by atoms with Crippen molar-refractivity contribution in [3.8, 4) is 0 Å². The normalized spacial score (nSPS) is 44.6. The minimum Gasteiger partial charge on any atom is -0.353 e. The lowest BCUT2D eigenvalue weighted by Crippen LogP contribution is -2.65. The SMILES string of the molecule is CC1C(=O)NCCN1C(=O)NC12CC3CC(CC(C3)C1)C2. The van der Waals surface area contributed by atoms with Crippen LogP contribution in [0.15, 0.2) is 0 Å². The molecule has 5 nitrogen and oxygen atoms in total. The molecule has 5 rings (SSSR count). The molecule has 0 radical (unpaired) electrons. The van der Waals surface area contributed by atoms with E-state index in [4.69, 9.17) is 0 Å². The third kappa shape index (κ3) is 2.21. The number of carbonyl (C=O) groups is 2. The Morgan fingerprint density at radius 3 is 2.33 bits per heavy atom. The lowest BCUT2D eigenvalue weighted by molar-refractivity contribution is -0.127. The van der Waals surface area contributed by atoms with Crippen LogP contribution in [0.3, 0.4) is 0 Å². The van der Waals surface area contributed by atoms with Gasteiger partial charge in [-0.2, -0.15) is 0 Å². The predicted octanol–water partition coefficient (Wildman–Crippen LogP) is 1.49. The first-order valence-electron chi connectivity index (χ1n) is 8.41. The molecule has 0 aromatic carbocycles. The van der Waals surface area contributed by atoms with E-state index in [9.17, 15) is 9.59 Å². The number of carbonyl (C=O) groups excluding carboxylic acids is 2. The summed E-state index contributed by atoms with van der Waals surface area (Å²) in [4.78, 5) is 26.1. The van der Waals surface area contributed by atoms with Gasteiger partial charge >= 0.3 is 6.03 Å². The molecule has 2 N–H and O–H groups in total. The summed E-state index contributed by atoms with van der Waals surface area (Å²) in [7, 11) is 0. The summed E-state index contributed by atoms with van der Waals surface area (Å²) >= 11 is 0. The minimum absolute atomic E-state index is 0.0273. The second-order valence-corrected chi connectivity index (χ2v) is 7.79. The maximum atomic E-state index is 12.7. The number of rotatable bonds is 1. The van der Waals surface area contributed by atoms with E-state index in [1.807, 2.05) is 6.92 Å². The highest BCUT2D eigenvalue weighted by atomic mass is 16.2. The number of piperazine rings is 1. The number of nitrogens with one attached hydrogen (secondary N) is 2. The molecule has 5 fully saturated rings. The van der Waals surface area contributed by atoms with Gasteiger partial charge in [-0.3, -0.25) is 4.79 Å². The summed E-state index contributed by atoms with van der Waals surface area (Å²) in [6, 6.07) is -0.382. The third-order valence-corrected chi connectivity index (χ3v) is 6.17. The Morgan fingerprint density at radius 2 is 1.76 bits per heavy atom. The fourth-order valence-electron chi connectivity index (χ4n) is 5.62. The zero-order chi connectivity index (χ0) is 14.6. The van der Waals surface area contributed by atoms with Crippen molar-refractivity contribution < 1.29 is 9.59 Å². The molecule has 4 saturated carbocycles. The van der Waals surface area contributed by atoms with Crippen LogP contribution in [0.1, 0.15) is 45.4 Å². The van der Waals surface area contributed by atoms with Gasteiger partial charge in [-0.15, -0.1) is 0 Å². The molecule has 3 amide bonds. The van der Waals surface area contributed by atoms with Crippen LogP contribution >= 0.6 is 0 Å². The quantitative estimate of drug-likeness (QED) is 0.769. The maximum absolute atomic E-state index is 12.7.